The molecule has 0 aliphatic carbocycles. The molecule has 0 spiro atoms. The molecule has 0 aliphatic rings. The lowest BCUT2D eigenvalue weighted by molar-refractivity contribution is 0.0994. The molecule has 0 bridgehead atoms. The van der Waals surface area contributed by atoms with Crippen molar-refractivity contribution in [1.82, 2.24) is 0 Å². The van der Waals surface area contributed by atoms with Crippen molar-refractivity contribution in [3.63, 3.8) is 0 Å². The van der Waals surface area contributed by atoms with Gasteiger partial charge in [0.25, 0.3) is 0 Å². The highest BCUT2D eigenvalue weighted by molar-refractivity contribution is 7.10. The quantitative estimate of drug-likeness (QED) is 0.614. The Morgan fingerprint density at radius 2 is 1.68 bits per heavy atom. The van der Waals surface area contributed by atoms with Gasteiger partial charge in [0.15, 0.2) is 5.78 Å². The molecule has 22 heavy (non-hydrogen) atoms. The van der Waals surface area contributed by atoms with Crippen LogP contribution in [0.5, 0.6) is 5.75 Å². The molecule has 0 radical (unpaired) electrons. The zero-order valence-corrected chi connectivity index (χ0v) is 12.9. The van der Waals surface area contributed by atoms with Gasteiger partial charge in [0.05, 0.1) is 0 Å². The van der Waals surface area contributed by atoms with Crippen LogP contribution >= 0.6 is 11.3 Å². The number of hydrogen-bond acceptors (Lipinski definition) is 3. The number of Topliss-reactive ketones (excluding diaryl/α,β-unsaturated/α-hetero) is 1. The summed E-state index contributed by atoms with van der Waals surface area (Å²) in [6.45, 7) is 0.531. The fourth-order valence-electron chi connectivity index (χ4n) is 2.15. The normalized spacial score (nSPS) is 10.4. The zero-order chi connectivity index (χ0) is 15.2. The number of carbonyl (C=O) groups excluding carboxylic acids is 1. The second-order valence-electron chi connectivity index (χ2n) is 4.98. The molecule has 110 valence electrons. The second-order valence-corrected chi connectivity index (χ2v) is 6.01. The molecular weight excluding hydrogens is 292 g/mol. The van der Waals surface area contributed by atoms with E-state index in [1.54, 1.807) is 11.3 Å². The van der Waals surface area contributed by atoms with E-state index in [4.69, 9.17) is 4.74 Å². The highest BCUT2D eigenvalue weighted by Gasteiger charge is 2.08. The average Bonchev–Trinajstić information content (AvgIpc) is 3.07. The van der Waals surface area contributed by atoms with Crippen LogP contribution in [0.2, 0.25) is 0 Å². The highest BCUT2D eigenvalue weighted by Crippen LogP contribution is 2.17. The van der Waals surface area contributed by atoms with Gasteiger partial charge in [-0.15, -0.1) is 11.3 Å². The van der Waals surface area contributed by atoms with Crippen molar-refractivity contribution in [2.75, 3.05) is 0 Å². The lowest BCUT2D eigenvalue weighted by atomic mass is 10.1. The summed E-state index contributed by atoms with van der Waals surface area (Å²) >= 11 is 1.61. The van der Waals surface area contributed by atoms with Crippen molar-refractivity contribution in [3.05, 3.63) is 88.1 Å². The first-order valence-corrected chi connectivity index (χ1v) is 8.01. The fraction of sp³-hybridized carbons (Fsp3) is 0.105. The smallest absolute Gasteiger partial charge is 0.168 e. The molecule has 0 saturated heterocycles. The third-order valence-corrected chi connectivity index (χ3v) is 4.22. The van der Waals surface area contributed by atoms with Gasteiger partial charge in [-0.3, -0.25) is 4.79 Å². The lowest BCUT2D eigenvalue weighted by Crippen LogP contribution is -2.02. The number of benzene rings is 2. The van der Waals surface area contributed by atoms with E-state index >= 15 is 0 Å². The Hall–Kier alpha value is -2.39. The van der Waals surface area contributed by atoms with E-state index in [0.29, 0.717) is 13.0 Å². The Bertz CT molecular complexity index is 716. The monoisotopic (exact) mass is 308 g/mol. The average molecular weight is 308 g/mol. The minimum atomic E-state index is 0.136. The molecule has 0 amide bonds. The van der Waals surface area contributed by atoms with Crippen LogP contribution in [-0.2, 0) is 13.0 Å². The van der Waals surface area contributed by atoms with Gasteiger partial charge in [0, 0.05) is 16.9 Å². The molecule has 3 heteroatoms. The summed E-state index contributed by atoms with van der Waals surface area (Å²) in [6.07, 6.45) is 0.460. The highest BCUT2D eigenvalue weighted by atomic mass is 32.1. The predicted molar refractivity (Wildman–Crippen MR) is 89.6 cm³/mol. The Balaban J connectivity index is 1.59. The summed E-state index contributed by atoms with van der Waals surface area (Å²) in [5.41, 5.74) is 1.85. The van der Waals surface area contributed by atoms with Crippen LogP contribution in [0.1, 0.15) is 20.8 Å². The van der Waals surface area contributed by atoms with Crippen LogP contribution in [0, 0.1) is 0 Å². The van der Waals surface area contributed by atoms with Gasteiger partial charge in [-0.2, -0.15) is 0 Å². The number of ether oxygens (including phenoxy) is 1. The van der Waals surface area contributed by atoms with Crippen LogP contribution in [0.3, 0.4) is 0 Å². The Kier molecular flexibility index (Phi) is 4.66. The summed E-state index contributed by atoms with van der Waals surface area (Å²) in [5, 5.41) is 1.99. The van der Waals surface area contributed by atoms with Crippen LogP contribution < -0.4 is 4.74 Å². The van der Waals surface area contributed by atoms with Crippen molar-refractivity contribution >= 4 is 17.1 Å². The van der Waals surface area contributed by atoms with E-state index < -0.39 is 0 Å². The minimum absolute atomic E-state index is 0.136. The molecule has 2 aromatic carbocycles. The third-order valence-electron chi connectivity index (χ3n) is 3.34. The minimum Gasteiger partial charge on any atom is -0.489 e. The SMILES string of the molecule is O=C(Cc1cccs1)c1ccc(OCc2ccccc2)cc1. The van der Waals surface area contributed by atoms with Crippen LogP contribution in [0.15, 0.2) is 72.1 Å². The van der Waals surface area contributed by atoms with Gasteiger partial charge in [-0.05, 0) is 41.3 Å². The van der Waals surface area contributed by atoms with Gasteiger partial charge < -0.3 is 4.74 Å². The molecule has 1 aromatic heterocycles. The Labute approximate surface area is 134 Å². The summed E-state index contributed by atoms with van der Waals surface area (Å²) in [4.78, 5) is 13.3. The van der Waals surface area contributed by atoms with E-state index in [1.807, 2.05) is 72.1 Å². The fourth-order valence-corrected chi connectivity index (χ4v) is 2.85. The molecule has 0 fully saturated rings. The molecule has 0 saturated carbocycles. The van der Waals surface area contributed by atoms with Gasteiger partial charge in [0.1, 0.15) is 12.4 Å². The van der Waals surface area contributed by atoms with Gasteiger partial charge >= 0.3 is 0 Å². The van der Waals surface area contributed by atoms with Gasteiger partial charge in [0.2, 0.25) is 0 Å². The summed E-state index contributed by atoms with van der Waals surface area (Å²) in [5.74, 6) is 0.911. The number of rotatable bonds is 6. The van der Waals surface area contributed by atoms with Crippen molar-refractivity contribution in [2.45, 2.75) is 13.0 Å². The van der Waals surface area contributed by atoms with Crippen molar-refractivity contribution in [2.24, 2.45) is 0 Å². The summed E-state index contributed by atoms with van der Waals surface area (Å²) in [7, 11) is 0. The van der Waals surface area contributed by atoms with E-state index in [-0.39, 0.29) is 5.78 Å². The maximum atomic E-state index is 12.2. The summed E-state index contributed by atoms with van der Waals surface area (Å²) in [6, 6.07) is 21.3. The molecule has 0 atom stereocenters. The molecule has 0 unspecified atom stereocenters. The van der Waals surface area contributed by atoms with E-state index in [1.165, 1.54) is 0 Å². The standard InChI is InChI=1S/C19H16O2S/c20-19(13-18-7-4-12-22-18)16-8-10-17(11-9-16)21-14-15-5-2-1-3-6-15/h1-12H,13-14H2. The molecule has 0 aliphatic heterocycles. The zero-order valence-electron chi connectivity index (χ0n) is 12.1. The van der Waals surface area contributed by atoms with E-state index in [9.17, 15) is 4.79 Å². The lowest BCUT2D eigenvalue weighted by Gasteiger charge is -2.07. The molecule has 3 aromatic rings. The maximum Gasteiger partial charge on any atom is 0.168 e. The van der Waals surface area contributed by atoms with E-state index in [0.717, 1.165) is 21.8 Å². The second kappa shape index (κ2) is 7.05. The molecule has 0 N–H and O–H groups in total. The van der Waals surface area contributed by atoms with Crippen LogP contribution in [0.25, 0.3) is 0 Å². The third kappa shape index (κ3) is 3.83. The van der Waals surface area contributed by atoms with Gasteiger partial charge in [-0.1, -0.05) is 36.4 Å². The largest absolute Gasteiger partial charge is 0.489 e. The van der Waals surface area contributed by atoms with Gasteiger partial charge in [-0.25, -0.2) is 0 Å². The molecule has 1 heterocycles. The van der Waals surface area contributed by atoms with Crippen LogP contribution in [-0.4, -0.2) is 5.78 Å². The number of ketones is 1. The maximum absolute atomic E-state index is 12.2. The van der Waals surface area contributed by atoms with Crippen LogP contribution in [0.4, 0.5) is 0 Å². The molecule has 3 rings (SSSR count). The number of hydrogen-bond donors (Lipinski definition) is 0. The first-order valence-electron chi connectivity index (χ1n) is 7.13. The number of carbonyl (C=O) groups is 1. The molecular formula is C19H16O2S. The first-order chi connectivity index (χ1) is 10.8. The molecule has 2 nitrogen and oxygen atoms in total. The van der Waals surface area contributed by atoms with Crippen molar-refractivity contribution in [1.29, 1.82) is 0 Å². The topological polar surface area (TPSA) is 26.3 Å². The van der Waals surface area contributed by atoms with E-state index in [2.05, 4.69) is 0 Å². The first kappa shape index (κ1) is 14.5. The Morgan fingerprint density at radius 3 is 2.36 bits per heavy atom. The predicted octanol–water partition coefficient (Wildman–Crippen LogP) is 4.75. The summed E-state index contributed by atoms with van der Waals surface area (Å²) < 4.78 is 5.72. The number of thiophene rings is 1. The van der Waals surface area contributed by atoms with Crippen molar-refractivity contribution in [3.8, 4) is 5.75 Å². The van der Waals surface area contributed by atoms with Crippen molar-refractivity contribution < 1.29 is 9.53 Å². The Morgan fingerprint density at radius 1 is 0.909 bits per heavy atom.